The predicted molar refractivity (Wildman–Crippen MR) is 119 cm³/mol. The first-order valence-electron chi connectivity index (χ1n) is 8.76. The zero-order valence-corrected chi connectivity index (χ0v) is 16.3. The highest BCUT2D eigenvalue weighted by atomic mass is 35.5. The third kappa shape index (κ3) is 2.87. The summed E-state index contributed by atoms with van der Waals surface area (Å²) in [5.74, 6) is 1.40. The van der Waals surface area contributed by atoms with Crippen molar-refractivity contribution < 1.29 is 0 Å². The number of benzene rings is 2. The second-order valence-electron chi connectivity index (χ2n) is 6.41. The Balaban J connectivity index is 1.60. The molecule has 1 aliphatic heterocycles. The van der Waals surface area contributed by atoms with Crippen LogP contribution in [0.1, 0.15) is 4.88 Å². The number of nitrogens with one attached hydrogen (secondary N) is 1. The van der Waals surface area contributed by atoms with Crippen LogP contribution in [0.4, 0.5) is 22.9 Å². The smallest absolute Gasteiger partial charge is 0.139 e. The lowest BCUT2D eigenvalue weighted by molar-refractivity contribution is 0.970. The molecule has 5 nitrogen and oxygen atoms in total. The molecule has 5 rings (SSSR count). The van der Waals surface area contributed by atoms with Gasteiger partial charge in [-0.3, -0.25) is 0 Å². The largest absolute Gasteiger partial charge is 0.383 e. The molecule has 0 bridgehead atoms. The van der Waals surface area contributed by atoms with Crippen LogP contribution in [-0.4, -0.2) is 17.5 Å². The summed E-state index contributed by atoms with van der Waals surface area (Å²) in [6.45, 7) is 0.497. The van der Waals surface area contributed by atoms with E-state index >= 15 is 0 Å². The highest BCUT2D eigenvalue weighted by molar-refractivity contribution is 7.12. The van der Waals surface area contributed by atoms with Crippen LogP contribution in [0.15, 0.2) is 71.2 Å². The number of nitrogens with two attached hydrogens (primary N) is 1. The van der Waals surface area contributed by atoms with Crippen LogP contribution in [0.3, 0.4) is 0 Å². The number of hydrogen-bond donors (Lipinski definition) is 2. The van der Waals surface area contributed by atoms with Crippen molar-refractivity contribution in [1.29, 1.82) is 0 Å². The van der Waals surface area contributed by atoms with Crippen LogP contribution in [-0.2, 0) is 0 Å². The molecular weight excluding hydrogens is 390 g/mol. The van der Waals surface area contributed by atoms with Gasteiger partial charge in [-0.2, -0.15) is 0 Å². The Labute approximate surface area is 171 Å². The molecule has 0 amide bonds. The monoisotopic (exact) mass is 405 g/mol. The van der Waals surface area contributed by atoms with Gasteiger partial charge < -0.3 is 16.0 Å². The normalized spacial score (nSPS) is 13.3. The van der Waals surface area contributed by atoms with Gasteiger partial charge in [-0.05, 0) is 47.8 Å². The van der Waals surface area contributed by atoms with Crippen molar-refractivity contribution in [2.75, 3.05) is 16.9 Å². The van der Waals surface area contributed by atoms with E-state index < -0.39 is 0 Å². The van der Waals surface area contributed by atoms with Crippen molar-refractivity contribution in [3.63, 3.8) is 0 Å². The van der Waals surface area contributed by atoms with Gasteiger partial charge in [0.15, 0.2) is 0 Å². The highest BCUT2D eigenvalue weighted by Crippen LogP contribution is 2.39. The second-order valence-corrected chi connectivity index (χ2v) is 7.76. The molecule has 3 N–H and O–H groups in total. The summed E-state index contributed by atoms with van der Waals surface area (Å²) in [5.41, 5.74) is 9.17. The highest BCUT2D eigenvalue weighted by Gasteiger charge is 2.22. The van der Waals surface area contributed by atoms with Crippen LogP contribution in [0.5, 0.6) is 0 Å². The van der Waals surface area contributed by atoms with Gasteiger partial charge in [0.1, 0.15) is 18.3 Å². The Morgan fingerprint density at radius 3 is 2.71 bits per heavy atom. The molecule has 4 aromatic rings. The molecule has 0 saturated carbocycles. The SMILES string of the molecule is NC1=NCN(c2cccc3c(Nc4ccc(Cl)cc4)nccc23)c2ccsc21. The van der Waals surface area contributed by atoms with Gasteiger partial charge >= 0.3 is 0 Å². The predicted octanol–water partition coefficient (Wildman–Crippen LogP) is 5.51. The first kappa shape index (κ1) is 17.0. The standard InChI is InChI=1S/C21H16ClN5S/c22-13-4-6-14(7-5-13)26-21-16-2-1-3-17(15(16)8-10-24-21)27-12-25-20(23)19-18(27)9-11-28-19/h1-11H,12H2,(H2,23,25)(H,24,26). The van der Waals surface area contributed by atoms with Crippen molar-refractivity contribution in [3.8, 4) is 0 Å². The fourth-order valence-corrected chi connectivity index (χ4v) is 4.35. The molecule has 0 aliphatic carbocycles. The van der Waals surface area contributed by atoms with Crippen molar-refractivity contribution in [3.05, 3.63) is 76.1 Å². The number of aromatic nitrogens is 1. The maximum atomic E-state index is 6.07. The molecule has 0 spiro atoms. The molecule has 0 radical (unpaired) electrons. The Hall–Kier alpha value is -3.09. The Bertz CT molecular complexity index is 1200. The zero-order chi connectivity index (χ0) is 19.1. The molecule has 2 aromatic heterocycles. The van der Waals surface area contributed by atoms with Gasteiger partial charge in [-0.1, -0.05) is 23.7 Å². The average Bonchev–Trinajstić information content (AvgIpc) is 3.21. The van der Waals surface area contributed by atoms with Crippen LogP contribution in [0.2, 0.25) is 5.02 Å². The number of amidine groups is 1. The third-order valence-corrected chi connectivity index (χ3v) is 5.91. The van der Waals surface area contributed by atoms with Gasteiger partial charge in [0.05, 0.1) is 16.3 Å². The quantitative estimate of drug-likeness (QED) is 0.471. The Morgan fingerprint density at radius 2 is 1.86 bits per heavy atom. The van der Waals surface area contributed by atoms with Crippen molar-refractivity contribution >= 4 is 62.4 Å². The van der Waals surface area contributed by atoms with E-state index in [1.54, 1.807) is 11.3 Å². The van der Waals surface area contributed by atoms with Crippen LogP contribution in [0, 0.1) is 0 Å². The molecule has 3 heterocycles. The number of thiophene rings is 1. The number of halogens is 1. The van der Waals surface area contributed by atoms with E-state index in [0.717, 1.165) is 38.5 Å². The second kappa shape index (κ2) is 6.82. The first-order valence-corrected chi connectivity index (χ1v) is 10.0. The van der Waals surface area contributed by atoms with Gasteiger partial charge in [0, 0.05) is 27.7 Å². The molecule has 7 heteroatoms. The maximum Gasteiger partial charge on any atom is 0.139 e. The topological polar surface area (TPSA) is 66.5 Å². The van der Waals surface area contributed by atoms with Crippen LogP contribution < -0.4 is 16.0 Å². The summed E-state index contributed by atoms with van der Waals surface area (Å²) in [7, 11) is 0. The van der Waals surface area contributed by atoms with Crippen molar-refractivity contribution in [2.24, 2.45) is 10.7 Å². The number of fused-ring (bicyclic) bond motifs is 2. The van der Waals surface area contributed by atoms with Gasteiger partial charge in [0.25, 0.3) is 0 Å². The molecular formula is C21H16ClN5S. The van der Waals surface area contributed by atoms with Crippen LogP contribution in [0.25, 0.3) is 10.8 Å². The number of pyridine rings is 1. The van der Waals surface area contributed by atoms with E-state index in [1.807, 2.05) is 48.0 Å². The Kier molecular flexibility index (Phi) is 4.15. The number of nitrogens with zero attached hydrogens (tertiary/aromatic N) is 3. The van der Waals surface area contributed by atoms with E-state index in [1.165, 1.54) is 0 Å². The fraction of sp³-hybridized carbons (Fsp3) is 0.0476. The molecule has 0 atom stereocenters. The molecule has 138 valence electrons. The first-order chi connectivity index (χ1) is 13.7. The van der Waals surface area contributed by atoms with Crippen molar-refractivity contribution in [2.45, 2.75) is 0 Å². The Morgan fingerprint density at radius 1 is 1.00 bits per heavy atom. The number of aliphatic imine (C=N–C) groups is 1. The van der Waals surface area contributed by atoms with E-state index in [0.29, 0.717) is 17.5 Å². The van der Waals surface area contributed by atoms with Gasteiger partial charge in [-0.25, -0.2) is 9.98 Å². The number of rotatable bonds is 3. The van der Waals surface area contributed by atoms with Gasteiger partial charge in [-0.15, -0.1) is 11.3 Å². The third-order valence-electron chi connectivity index (χ3n) is 4.73. The summed E-state index contributed by atoms with van der Waals surface area (Å²) in [6.07, 6.45) is 1.82. The fourth-order valence-electron chi connectivity index (χ4n) is 3.40. The molecule has 0 fully saturated rings. The molecule has 28 heavy (non-hydrogen) atoms. The summed E-state index contributed by atoms with van der Waals surface area (Å²) in [6, 6.07) is 17.9. The number of hydrogen-bond acceptors (Lipinski definition) is 6. The average molecular weight is 406 g/mol. The molecule has 0 unspecified atom stereocenters. The van der Waals surface area contributed by atoms with E-state index in [9.17, 15) is 0 Å². The lowest BCUT2D eigenvalue weighted by atomic mass is 10.1. The van der Waals surface area contributed by atoms with E-state index in [-0.39, 0.29) is 0 Å². The number of anilines is 4. The van der Waals surface area contributed by atoms with Gasteiger partial charge in [0.2, 0.25) is 0 Å². The van der Waals surface area contributed by atoms with Crippen molar-refractivity contribution in [1.82, 2.24) is 4.98 Å². The minimum absolute atomic E-state index is 0.497. The zero-order valence-electron chi connectivity index (χ0n) is 14.8. The minimum atomic E-state index is 0.497. The molecule has 2 aromatic carbocycles. The summed E-state index contributed by atoms with van der Waals surface area (Å²) in [4.78, 5) is 12.2. The summed E-state index contributed by atoms with van der Waals surface area (Å²) in [5, 5.41) is 8.28. The van der Waals surface area contributed by atoms with E-state index in [2.05, 4.69) is 38.4 Å². The summed E-state index contributed by atoms with van der Waals surface area (Å²) < 4.78 is 0. The lowest BCUT2D eigenvalue weighted by Gasteiger charge is -2.28. The molecule has 1 aliphatic rings. The minimum Gasteiger partial charge on any atom is -0.383 e. The molecule has 0 saturated heterocycles. The summed E-state index contributed by atoms with van der Waals surface area (Å²) >= 11 is 7.60. The maximum absolute atomic E-state index is 6.07. The lowest BCUT2D eigenvalue weighted by Crippen LogP contribution is -2.28. The van der Waals surface area contributed by atoms with Crippen LogP contribution >= 0.6 is 22.9 Å². The van der Waals surface area contributed by atoms with E-state index in [4.69, 9.17) is 17.3 Å².